The molecule has 0 saturated carbocycles. The van der Waals surface area contributed by atoms with E-state index < -0.39 is 0 Å². The molecule has 0 aliphatic heterocycles. The van der Waals surface area contributed by atoms with Crippen LogP contribution in [0.1, 0.15) is 16.2 Å². The maximum Gasteiger partial charge on any atom is 0.253 e. The van der Waals surface area contributed by atoms with Crippen LogP contribution in [0.4, 0.5) is 0 Å². The van der Waals surface area contributed by atoms with E-state index in [2.05, 4.69) is 41.2 Å². The van der Waals surface area contributed by atoms with Crippen molar-refractivity contribution in [2.75, 3.05) is 6.54 Å². The molecular weight excluding hydrogens is 322 g/mol. The minimum atomic E-state index is -0.144. The highest BCUT2D eigenvalue weighted by Gasteiger charge is 2.13. The number of nitrogens with zero attached hydrogens (tertiary/aromatic N) is 2. The van der Waals surface area contributed by atoms with Gasteiger partial charge in [-0.15, -0.1) is 0 Å². The Morgan fingerprint density at radius 2 is 2.20 bits per heavy atom. The molecule has 3 N–H and O–H groups in total. The van der Waals surface area contributed by atoms with Crippen LogP contribution in [0, 0.1) is 0 Å². The Bertz CT molecular complexity index is 734. The molecule has 0 radical (unpaired) electrons. The molecule has 102 valence electrons. The number of aromatic nitrogens is 4. The fraction of sp³-hybridized carbons (Fsp3) is 0.154. The second kappa shape index (κ2) is 5.46. The van der Waals surface area contributed by atoms with Crippen molar-refractivity contribution in [1.82, 2.24) is 25.3 Å². The van der Waals surface area contributed by atoms with E-state index in [-0.39, 0.29) is 5.91 Å². The molecule has 1 amide bonds. The summed E-state index contributed by atoms with van der Waals surface area (Å²) in [7, 11) is 0. The van der Waals surface area contributed by atoms with Crippen LogP contribution in [0.5, 0.6) is 0 Å². The Kier molecular flexibility index (Phi) is 3.51. The summed E-state index contributed by atoms with van der Waals surface area (Å²) in [5, 5.41) is 2.87. The van der Waals surface area contributed by atoms with Gasteiger partial charge in [0.15, 0.2) is 0 Å². The maximum absolute atomic E-state index is 12.2. The lowest BCUT2D eigenvalue weighted by Gasteiger charge is -2.05. The zero-order chi connectivity index (χ0) is 13.9. The van der Waals surface area contributed by atoms with Gasteiger partial charge < -0.3 is 15.3 Å². The molecule has 6 nitrogen and oxygen atoms in total. The molecule has 2 aromatic heterocycles. The Morgan fingerprint density at radius 3 is 3.00 bits per heavy atom. The summed E-state index contributed by atoms with van der Waals surface area (Å²) in [4.78, 5) is 26.5. The van der Waals surface area contributed by atoms with E-state index in [1.807, 2.05) is 6.07 Å². The number of H-pyrrole nitrogens is 2. The molecule has 0 spiro atoms. The quantitative estimate of drug-likeness (QED) is 0.682. The zero-order valence-corrected chi connectivity index (χ0v) is 12.1. The van der Waals surface area contributed by atoms with Crippen molar-refractivity contribution in [3.63, 3.8) is 0 Å². The third-order valence-corrected chi connectivity index (χ3v) is 3.39. The van der Waals surface area contributed by atoms with Gasteiger partial charge >= 0.3 is 0 Å². The summed E-state index contributed by atoms with van der Waals surface area (Å²) < 4.78 is 0.838. The predicted molar refractivity (Wildman–Crippen MR) is 78.4 cm³/mol. The number of amides is 1. The first-order chi connectivity index (χ1) is 9.74. The number of rotatable bonds is 4. The molecule has 0 aliphatic carbocycles. The van der Waals surface area contributed by atoms with Gasteiger partial charge in [-0.25, -0.2) is 9.97 Å². The lowest BCUT2D eigenvalue weighted by atomic mass is 10.1. The van der Waals surface area contributed by atoms with Gasteiger partial charge in [-0.2, -0.15) is 0 Å². The molecule has 3 rings (SSSR count). The molecule has 0 fully saturated rings. The molecule has 0 saturated heterocycles. The third-order valence-electron chi connectivity index (χ3n) is 2.94. The number of imidazole rings is 2. The average molecular weight is 334 g/mol. The summed E-state index contributed by atoms with van der Waals surface area (Å²) >= 11 is 3.39. The van der Waals surface area contributed by atoms with Crippen LogP contribution < -0.4 is 5.32 Å². The molecule has 0 bridgehead atoms. The van der Waals surface area contributed by atoms with Crippen molar-refractivity contribution in [1.29, 1.82) is 0 Å². The number of carbonyl (C=O) groups is 1. The van der Waals surface area contributed by atoms with Crippen molar-refractivity contribution in [3.05, 3.63) is 46.7 Å². The van der Waals surface area contributed by atoms with Gasteiger partial charge in [-0.05, 0) is 12.1 Å². The van der Waals surface area contributed by atoms with E-state index in [1.54, 1.807) is 24.8 Å². The lowest BCUT2D eigenvalue weighted by Crippen LogP contribution is -2.26. The Morgan fingerprint density at radius 1 is 1.30 bits per heavy atom. The smallest absolute Gasteiger partial charge is 0.253 e. The van der Waals surface area contributed by atoms with E-state index in [9.17, 15) is 4.79 Å². The molecule has 0 unspecified atom stereocenters. The van der Waals surface area contributed by atoms with E-state index in [0.717, 1.165) is 15.8 Å². The first-order valence-corrected chi connectivity index (χ1v) is 6.92. The van der Waals surface area contributed by atoms with E-state index >= 15 is 0 Å². The minimum absolute atomic E-state index is 0.144. The monoisotopic (exact) mass is 333 g/mol. The highest BCUT2D eigenvalue weighted by molar-refractivity contribution is 9.10. The summed E-state index contributed by atoms with van der Waals surface area (Å²) in [5.41, 5.74) is 2.05. The number of halogens is 1. The van der Waals surface area contributed by atoms with Gasteiger partial charge in [-0.3, -0.25) is 4.79 Å². The number of aromatic amines is 2. The van der Waals surface area contributed by atoms with Crippen LogP contribution >= 0.6 is 15.9 Å². The van der Waals surface area contributed by atoms with Crippen LogP contribution in [0.25, 0.3) is 11.0 Å². The summed E-state index contributed by atoms with van der Waals surface area (Å²) in [5.74, 6) is 0.708. The topological polar surface area (TPSA) is 86.5 Å². The van der Waals surface area contributed by atoms with Gasteiger partial charge in [0, 0.05) is 29.8 Å². The number of hydrogen-bond donors (Lipinski definition) is 3. The van der Waals surface area contributed by atoms with Crippen molar-refractivity contribution in [2.24, 2.45) is 0 Å². The van der Waals surface area contributed by atoms with Gasteiger partial charge in [0.2, 0.25) is 0 Å². The fourth-order valence-corrected chi connectivity index (χ4v) is 2.47. The van der Waals surface area contributed by atoms with Crippen LogP contribution in [0.3, 0.4) is 0 Å². The van der Waals surface area contributed by atoms with Crippen molar-refractivity contribution < 1.29 is 4.79 Å². The van der Waals surface area contributed by atoms with Crippen LogP contribution in [0.15, 0.2) is 35.3 Å². The SMILES string of the molecule is O=C(NCCc1ncc[nH]1)c1cc(Br)cc2[nH]cnc12. The minimum Gasteiger partial charge on any atom is -0.352 e. The Hall–Kier alpha value is -2.15. The molecule has 7 heteroatoms. The van der Waals surface area contributed by atoms with Gasteiger partial charge in [0.1, 0.15) is 11.3 Å². The number of carbonyl (C=O) groups excluding carboxylic acids is 1. The van der Waals surface area contributed by atoms with Gasteiger partial charge in [-0.1, -0.05) is 15.9 Å². The lowest BCUT2D eigenvalue weighted by molar-refractivity contribution is 0.0955. The molecular formula is C13H12BrN5O. The highest BCUT2D eigenvalue weighted by Crippen LogP contribution is 2.21. The van der Waals surface area contributed by atoms with Crippen molar-refractivity contribution >= 4 is 32.9 Å². The molecule has 20 heavy (non-hydrogen) atoms. The van der Waals surface area contributed by atoms with Crippen molar-refractivity contribution in [3.8, 4) is 0 Å². The standard InChI is InChI=1S/C13H12BrN5O/c14-8-5-9(12-10(6-8)18-7-19-12)13(20)17-2-1-11-15-3-4-16-11/h3-7H,1-2H2,(H,15,16)(H,17,20)(H,18,19). The number of fused-ring (bicyclic) bond motifs is 1. The number of hydrogen-bond acceptors (Lipinski definition) is 3. The molecule has 2 heterocycles. The summed E-state index contributed by atoms with van der Waals surface area (Å²) in [6.07, 6.45) is 5.70. The molecule has 0 aliphatic rings. The van der Waals surface area contributed by atoms with Gasteiger partial charge in [0.25, 0.3) is 5.91 Å². The van der Waals surface area contributed by atoms with Crippen LogP contribution in [-0.4, -0.2) is 32.4 Å². The second-order valence-corrected chi connectivity index (χ2v) is 5.21. The highest BCUT2D eigenvalue weighted by atomic mass is 79.9. The van der Waals surface area contributed by atoms with E-state index in [1.165, 1.54) is 0 Å². The van der Waals surface area contributed by atoms with Crippen molar-refractivity contribution in [2.45, 2.75) is 6.42 Å². The Labute approximate surface area is 123 Å². The number of benzene rings is 1. The summed E-state index contributed by atoms with van der Waals surface area (Å²) in [6.45, 7) is 0.519. The maximum atomic E-state index is 12.2. The average Bonchev–Trinajstić information content (AvgIpc) is 3.08. The normalized spacial score (nSPS) is 10.8. The fourth-order valence-electron chi connectivity index (χ4n) is 2.01. The van der Waals surface area contributed by atoms with E-state index in [4.69, 9.17) is 0 Å². The van der Waals surface area contributed by atoms with E-state index in [0.29, 0.717) is 24.0 Å². The first-order valence-electron chi connectivity index (χ1n) is 6.13. The zero-order valence-electron chi connectivity index (χ0n) is 10.5. The van der Waals surface area contributed by atoms with Crippen LogP contribution in [-0.2, 0) is 6.42 Å². The molecule has 1 aromatic carbocycles. The predicted octanol–water partition coefficient (Wildman–Crippen LogP) is 2.02. The molecule has 0 atom stereocenters. The largest absolute Gasteiger partial charge is 0.352 e. The number of nitrogens with one attached hydrogen (secondary N) is 3. The Balaban J connectivity index is 1.73. The van der Waals surface area contributed by atoms with Gasteiger partial charge in [0.05, 0.1) is 17.4 Å². The second-order valence-electron chi connectivity index (χ2n) is 4.29. The molecule has 3 aromatic rings. The first kappa shape index (κ1) is 12.9. The third kappa shape index (κ3) is 2.57. The van der Waals surface area contributed by atoms with Crippen LogP contribution in [0.2, 0.25) is 0 Å². The summed E-state index contributed by atoms with van der Waals surface area (Å²) in [6, 6.07) is 3.66.